The van der Waals surface area contributed by atoms with E-state index in [9.17, 15) is 5.26 Å². The van der Waals surface area contributed by atoms with E-state index in [0.29, 0.717) is 5.56 Å². The SMILES string of the molecule is Cc1cc2ccc(C#N)cc2cc1-c1cc(-c2ccccc2)cc[n+]1C. The lowest BCUT2D eigenvalue weighted by Crippen LogP contribution is -2.30. The lowest BCUT2D eigenvalue weighted by Gasteiger charge is -2.09. The lowest BCUT2D eigenvalue weighted by molar-refractivity contribution is -0.660. The van der Waals surface area contributed by atoms with Gasteiger partial charge in [0.1, 0.15) is 7.05 Å². The molecule has 0 atom stereocenters. The molecule has 1 aromatic heterocycles. The van der Waals surface area contributed by atoms with Gasteiger partial charge < -0.3 is 0 Å². The fraction of sp³-hybridized carbons (Fsp3) is 0.0833. The number of hydrogen-bond acceptors (Lipinski definition) is 1. The molecule has 4 rings (SSSR count). The molecule has 3 aromatic carbocycles. The molecule has 0 unspecified atom stereocenters. The third-order valence-corrected chi connectivity index (χ3v) is 4.85. The van der Waals surface area contributed by atoms with Crippen LogP contribution in [0.5, 0.6) is 0 Å². The highest BCUT2D eigenvalue weighted by molar-refractivity contribution is 5.89. The molecule has 0 aliphatic rings. The second-order valence-corrected chi connectivity index (χ2v) is 6.62. The topological polar surface area (TPSA) is 27.7 Å². The summed E-state index contributed by atoms with van der Waals surface area (Å²) < 4.78 is 2.15. The Labute approximate surface area is 153 Å². The number of nitrogens with zero attached hydrogens (tertiary/aromatic N) is 2. The van der Waals surface area contributed by atoms with Gasteiger partial charge in [0.15, 0.2) is 6.20 Å². The van der Waals surface area contributed by atoms with Crippen molar-refractivity contribution >= 4 is 10.8 Å². The Kier molecular flexibility index (Phi) is 3.99. The maximum Gasteiger partial charge on any atom is 0.213 e. The van der Waals surface area contributed by atoms with Gasteiger partial charge in [0.2, 0.25) is 5.69 Å². The minimum absolute atomic E-state index is 0.690. The maximum atomic E-state index is 9.19. The van der Waals surface area contributed by atoms with Crippen molar-refractivity contribution in [2.75, 3.05) is 0 Å². The smallest absolute Gasteiger partial charge is 0.201 e. The summed E-state index contributed by atoms with van der Waals surface area (Å²) in [4.78, 5) is 0. The van der Waals surface area contributed by atoms with E-state index >= 15 is 0 Å². The highest BCUT2D eigenvalue weighted by Gasteiger charge is 2.15. The molecule has 0 aliphatic carbocycles. The van der Waals surface area contributed by atoms with Crippen LogP contribution in [0, 0.1) is 18.3 Å². The highest BCUT2D eigenvalue weighted by Crippen LogP contribution is 2.29. The Bertz CT molecular complexity index is 1150. The number of rotatable bonds is 2. The molecule has 2 heteroatoms. The van der Waals surface area contributed by atoms with Gasteiger partial charge in [-0.25, -0.2) is 4.57 Å². The fourth-order valence-electron chi connectivity index (χ4n) is 3.40. The largest absolute Gasteiger partial charge is 0.213 e. The molecule has 0 fully saturated rings. The molecule has 4 aromatic rings. The van der Waals surface area contributed by atoms with Gasteiger partial charge in [-0.2, -0.15) is 5.26 Å². The first kappa shape index (κ1) is 16.1. The van der Waals surface area contributed by atoms with Gasteiger partial charge in [-0.15, -0.1) is 0 Å². The zero-order valence-electron chi connectivity index (χ0n) is 14.9. The average molecular weight is 335 g/mol. The first-order valence-electron chi connectivity index (χ1n) is 8.66. The molecule has 0 radical (unpaired) electrons. The number of aryl methyl sites for hydroxylation is 2. The fourth-order valence-corrected chi connectivity index (χ4v) is 3.40. The average Bonchev–Trinajstić information content (AvgIpc) is 2.68. The van der Waals surface area contributed by atoms with Crippen LogP contribution in [0.4, 0.5) is 0 Å². The predicted octanol–water partition coefficient (Wildman–Crippen LogP) is 5.18. The summed E-state index contributed by atoms with van der Waals surface area (Å²) in [7, 11) is 2.07. The van der Waals surface area contributed by atoms with Crippen LogP contribution in [-0.4, -0.2) is 0 Å². The van der Waals surface area contributed by atoms with Gasteiger partial charge in [0.05, 0.1) is 11.6 Å². The quantitative estimate of drug-likeness (QED) is 0.464. The third-order valence-electron chi connectivity index (χ3n) is 4.85. The van der Waals surface area contributed by atoms with Crippen molar-refractivity contribution in [2.45, 2.75) is 6.92 Å². The third kappa shape index (κ3) is 2.85. The lowest BCUT2D eigenvalue weighted by atomic mass is 9.96. The van der Waals surface area contributed by atoms with E-state index in [2.05, 4.69) is 79.3 Å². The van der Waals surface area contributed by atoms with Crippen LogP contribution >= 0.6 is 0 Å². The molecule has 0 amide bonds. The van der Waals surface area contributed by atoms with Crippen LogP contribution in [-0.2, 0) is 7.05 Å². The van der Waals surface area contributed by atoms with E-state index in [0.717, 1.165) is 16.5 Å². The van der Waals surface area contributed by atoms with Gasteiger partial charge in [-0.3, -0.25) is 0 Å². The Morgan fingerprint density at radius 3 is 2.38 bits per heavy atom. The van der Waals surface area contributed by atoms with E-state index in [1.165, 1.54) is 22.3 Å². The molecule has 1 heterocycles. The second-order valence-electron chi connectivity index (χ2n) is 6.62. The maximum absolute atomic E-state index is 9.19. The van der Waals surface area contributed by atoms with Gasteiger partial charge in [-0.05, 0) is 52.6 Å². The Morgan fingerprint density at radius 2 is 1.62 bits per heavy atom. The van der Waals surface area contributed by atoms with Crippen LogP contribution in [0.2, 0.25) is 0 Å². The van der Waals surface area contributed by atoms with Crippen LogP contribution in [0.3, 0.4) is 0 Å². The Hall–Kier alpha value is -3.44. The predicted molar refractivity (Wildman–Crippen MR) is 105 cm³/mol. The van der Waals surface area contributed by atoms with Crippen LogP contribution in [0.1, 0.15) is 11.1 Å². The molecular weight excluding hydrogens is 316 g/mol. The number of benzene rings is 3. The number of nitriles is 1. The molecule has 0 saturated carbocycles. The van der Waals surface area contributed by atoms with Crippen molar-refractivity contribution in [1.82, 2.24) is 0 Å². The van der Waals surface area contributed by atoms with Crippen molar-refractivity contribution in [3.63, 3.8) is 0 Å². The molecule has 0 N–H and O–H groups in total. The van der Waals surface area contributed by atoms with Crippen molar-refractivity contribution in [3.8, 4) is 28.5 Å². The zero-order valence-corrected chi connectivity index (χ0v) is 14.9. The van der Waals surface area contributed by atoms with Gasteiger partial charge in [-0.1, -0.05) is 42.5 Å². The molecule has 0 saturated heterocycles. The van der Waals surface area contributed by atoms with Crippen LogP contribution < -0.4 is 4.57 Å². The Balaban J connectivity index is 1.92. The molecule has 2 nitrogen and oxygen atoms in total. The highest BCUT2D eigenvalue weighted by atomic mass is 14.9. The molecule has 0 spiro atoms. The van der Waals surface area contributed by atoms with Crippen LogP contribution in [0.25, 0.3) is 33.2 Å². The zero-order chi connectivity index (χ0) is 18.1. The first-order chi connectivity index (χ1) is 12.7. The summed E-state index contributed by atoms with van der Waals surface area (Å²) in [5, 5.41) is 11.4. The molecule has 0 bridgehead atoms. The van der Waals surface area contributed by atoms with Crippen molar-refractivity contribution in [2.24, 2.45) is 7.05 Å². The summed E-state index contributed by atoms with van der Waals surface area (Å²) in [6.45, 7) is 2.14. The number of pyridine rings is 1. The van der Waals surface area contributed by atoms with E-state index in [1.54, 1.807) is 0 Å². The first-order valence-corrected chi connectivity index (χ1v) is 8.66. The van der Waals surface area contributed by atoms with Gasteiger partial charge >= 0.3 is 0 Å². The van der Waals surface area contributed by atoms with E-state index in [-0.39, 0.29) is 0 Å². The standard InChI is InChI=1S/C24H19N2/c1-17-12-20-9-8-18(16-25)13-22(20)14-23(17)24-15-21(10-11-26(24)2)19-6-4-3-5-7-19/h3-15H,1-2H3/q+1. The molecule has 124 valence electrons. The van der Waals surface area contributed by atoms with Gasteiger partial charge in [0.25, 0.3) is 0 Å². The number of hydrogen-bond donors (Lipinski definition) is 0. The van der Waals surface area contributed by atoms with Crippen LogP contribution in [0.15, 0.2) is 79.0 Å². The number of aromatic nitrogens is 1. The van der Waals surface area contributed by atoms with Crippen molar-refractivity contribution < 1.29 is 4.57 Å². The molecule has 0 aliphatic heterocycles. The monoisotopic (exact) mass is 335 g/mol. The number of fused-ring (bicyclic) bond motifs is 1. The Morgan fingerprint density at radius 1 is 0.808 bits per heavy atom. The minimum atomic E-state index is 0.690. The van der Waals surface area contributed by atoms with Crippen molar-refractivity contribution in [1.29, 1.82) is 5.26 Å². The summed E-state index contributed by atoms with van der Waals surface area (Å²) in [6, 6.07) is 27.3. The van der Waals surface area contributed by atoms with E-state index in [1.807, 2.05) is 24.3 Å². The summed E-state index contributed by atoms with van der Waals surface area (Å²) in [6.07, 6.45) is 2.10. The normalized spacial score (nSPS) is 10.7. The summed E-state index contributed by atoms with van der Waals surface area (Å²) in [5.74, 6) is 0. The van der Waals surface area contributed by atoms with E-state index < -0.39 is 0 Å². The summed E-state index contributed by atoms with van der Waals surface area (Å²) in [5.41, 5.74) is 6.67. The van der Waals surface area contributed by atoms with Crippen molar-refractivity contribution in [3.05, 3.63) is 90.1 Å². The summed E-state index contributed by atoms with van der Waals surface area (Å²) >= 11 is 0. The van der Waals surface area contributed by atoms with E-state index in [4.69, 9.17) is 0 Å². The second kappa shape index (κ2) is 6.46. The molecule has 26 heavy (non-hydrogen) atoms. The minimum Gasteiger partial charge on any atom is -0.201 e. The molecular formula is C24H19N2+. The van der Waals surface area contributed by atoms with Gasteiger partial charge in [0, 0.05) is 17.7 Å².